The quantitative estimate of drug-likeness (QED) is 0.644. The van der Waals surface area contributed by atoms with Crippen LogP contribution < -0.4 is 16.0 Å². The van der Waals surface area contributed by atoms with Crippen LogP contribution in [0.5, 0.6) is 5.88 Å². The first-order valence-electron chi connectivity index (χ1n) is 6.58. The van der Waals surface area contributed by atoms with E-state index in [0.29, 0.717) is 17.5 Å². The maximum absolute atomic E-state index is 5.68. The van der Waals surface area contributed by atoms with Gasteiger partial charge in [0, 0.05) is 12.4 Å². The monoisotopic (exact) mass is 272 g/mol. The summed E-state index contributed by atoms with van der Waals surface area (Å²) in [6, 6.07) is 8.06. The predicted octanol–water partition coefficient (Wildman–Crippen LogP) is 2.16. The van der Waals surface area contributed by atoms with E-state index < -0.39 is 0 Å². The van der Waals surface area contributed by atoms with E-state index in [9.17, 15) is 0 Å². The maximum Gasteiger partial charge on any atom is 0.237 e. The summed E-state index contributed by atoms with van der Waals surface area (Å²) in [5, 5.41) is 0. The molecule has 0 amide bonds. The normalized spacial score (nSPS) is 12.4. The minimum absolute atomic E-state index is 0.250. The van der Waals surface area contributed by atoms with Gasteiger partial charge >= 0.3 is 0 Å². The van der Waals surface area contributed by atoms with Crippen LogP contribution in [-0.4, -0.2) is 17.1 Å². The van der Waals surface area contributed by atoms with Crippen molar-refractivity contribution in [2.24, 2.45) is 5.84 Å². The molecule has 5 nitrogen and oxygen atoms in total. The van der Waals surface area contributed by atoms with Gasteiger partial charge in [0.15, 0.2) is 0 Å². The van der Waals surface area contributed by atoms with Gasteiger partial charge in [-0.3, -0.25) is 10.8 Å². The molecule has 3 N–H and O–H groups in total. The summed E-state index contributed by atoms with van der Waals surface area (Å²) < 4.78 is 5.24. The van der Waals surface area contributed by atoms with Crippen LogP contribution in [0.2, 0.25) is 0 Å². The number of hydrogen-bond donors (Lipinski definition) is 2. The fraction of sp³-hybridized carbons (Fsp3) is 0.333. The van der Waals surface area contributed by atoms with E-state index in [4.69, 9.17) is 10.6 Å². The van der Waals surface area contributed by atoms with Gasteiger partial charge in [-0.2, -0.15) is 0 Å². The van der Waals surface area contributed by atoms with E-state index >= 15 is 0 Å². The van der Waals surface area contributed by atoms with Gasteiger partial charge in [0.1, 0.15) is 5.69 Å². The summed E-state index contributed by atoms with van der Waals surface area (Å²) in [4.78, 5) is 8.48. The standard InChI is InChI=1S/C15H20N4O/c1-10(2)11-4-6-12(7-5-11)13(19-16)14-15(20-3)18-9-8-17-14/h4-10,13,19H,16H2,1-3H3. The summed E-state index contributed by atoms with van der Waals surface area (Å²) >= 11 is 0. The number of hydrogen-bond acceptors (Lipinski definition) is 5. The minimum atomic E-state index is -0.250. The molecule has 0 bridgehead atoms. The average molecular weight is 272 g/mol. The number of rotatable bonds is 5. The van der Waals surface area contributed by atoms with Crippen molar-refractivity contribution in [3.05, 3.63) is 53.5 Å². The molecular formula is C15H20N4O. The van der Waals surface area contributed by atoms with Crippen molar-refractivity contribution in [3.8, 4) is 5.88 Å². The van der Waals surface area contributed by atoms with E-state index in [0.717, 1.165) is 5.56 Å². The van der Waals surface area contributed by atoms with Crippen molar-refractivity contribution < 1.29 is 4.74 Å². The van der Waals surface area contributed by atoms with Crippen molar-refractivity contribution in [3.63, 3.8) is 0 Å². The zero-order valence-corrected chi connectivity index (χ0v) is 12.0. The molecule has 0 aliphatic rings. The van der Waals surface area contributed by atoms with Crippen molar-refractivity contribution in [1.29, 1.82) is 0 Å². The van der Waals surface area contributed by atoms with Crippen LogP contribution in [0.3, 0.4) is 0 Å². The molecule has 5 heteroatoms. The Hall–Kier alpha value is -1.98. The second-order valence-corrected chi connectivity index (χ2v) is 4.87. The lowest BCUT2D eigenvalue weighted by atomic mass is 9.98. The Morgan fingerprint density at radius 3 is 2.20 bits per heavy atom. The second-order valence-electron chi connectivity index (χ2n) is 4.87. The molecule has 0 radical (unpaired) electrons. The number of nitrogens with zero attached hydrogens (tertiary/aromatic N) is 2. The molecule has 2 aromatic rings. The van der Waals surface area contributed by atoms with E-state index in [1.807, 2.05) is 12.1 Å². The molecule has 1 aromatic heterocycles. The lowest BCUT2D eigenvalue weighted by Gasteiger charge is -2.18. The molecule has 0 aliphatic carbocycles. The van der Waals surface area contributed by atoms with E-state index in [1.54, 1.807) is 19.5 Å². The number of nitrogens with two attached hydrogens (primary N) is 1. The molecule has 1 aromatic carbocycles. The van der Waals surface area contributed by atoms with E-state index in [-0.39, 0.29) is 6.04 Å². The van der Waals surface area contributed by atoms with Gasteiger partial charge in [-0.1, -0.05) is 38.1 Å². The molecular weight excluding hydrogens is 252 g/mol. The zero-order chi connectivity index (χ0) is 14.5. The molecule has 106 valence electrons. The number of aromatic nitrogens is 2. The lowest BCUT2D eigenvalue weighted by Crippen LogP contribution is -2.30. The topological polar surface area (TPSA) is 73.1 Å². The van der Waals surface area contributed by atoms with Crippen molar-refractivity contribution in [2.45, 2.75) is 25.8 Å². The third-order valence-corrected chi connectivity index (χ3v) is 3.26. The van der Waals surface area contributed by atoms with Gasteiger partial charge in [-0.25, -0.2) is 10.4 Å². The number of nitrogens with one attached hydrogen (secondary N) is 1. The van der Waals surface area contributed by atoms with Crippen molar-refractivity contribution in [1.82, 2.24) is 15.4 Å². The average Bonchev–Trinajstić information content (AvgIpc) is 2.49. The summed E-state index contributed by atoms with van der Waals surface area (Å²) in [5.41, 5.74) is 5.76. The highest BCUT2D eigenvalue weighted by molar-refractivity contribution is 5.34. The Labute approximate surface area is 119 Å². The van der Waals surface area contributed by atoms with Crippen LogP contribution >= 0.6 is 0 Å². The second kappa shape index (κ2) is 6.45. The molecule has 2 rings (SSSR count). The number of hydrazine groups is 1. The Balaban J connectivity index is 2.36. The van der Waals surface area contributed by atoms with Crippen LogP contribution in [0, 0.1) is 0 Å². The summed E-state index contributed by atoms with van der Waals surface area (Å²) in [5.74, 6) is 6.66. The summed E-state index contributed by atoms with van der Waals surface area (Å²) in [6.45, 7) is 4.33. The van der Waals surface area contributed by atoms with Crippen molar-refractivity contribution >= 4 is 0 Å². The van der Waals surface area contributed by atoms with Gasteiger partial charge in [-0.05, 0) is 17.0 Å². The fourth-order valence-corrected chi connectivity index (χ4v) is 2.10. The smallest absolute Gasteiger partial charge is 0.237 e. The van der Waals surface area contributed by atoms with Gasteiger partial charge in [0.25, 0.3) is 0 Å². The first-order valence-corrected chi connectivity index (χ1v) is 6.58. The van der Waals surface area contributed by atoms with E-state index in [1.165, 1.54) is 5.56 Å². The molecule has 20 heavy (non-hydrogen) atoms. The predicted molar refractivity (Wildman–Crippen MR) is 78.3 cm³/mol. The molecule has 1 unspecified atom stereocenters. The molecule has 0 fully saturated rings. The molecule has 0 spiro atoms. The number of methoxy groups -OCH3 is 1. The Morgan fingerprint density at radius 2 is 1.65 bits per heavy atom. The van der Waals surface area contributed by atoms with Crippen LogP contribution in [0.15, 0.2) is 36.7 Å². The summed E-state index contributed by atoms with van der Waals surface area (Å²) in [7, 11) is 1.57. The first-order chi connectivity index (χ1) is 9.67. The fourth-order valence-electron chi connectivity index (χ4n) is 2.10. The van der Waals surface area contributed by atoms with Crippen LogP contribution in [0.25, 0.3) is 0 Å². The van der Waals surface area contributed by atoms with Gasteiger partial charge in [0.2, 0.25) is 5.88 Å². The van der Waals surface area contributed by atoms with Gasteiger partial charge < -0.3 is 4.74 Å². The molecule has 0 saturated heterocycles. The first kappa shape index (κ1) is 14.4. The number of benzene rings is 1. The SMILES string of the molecule is COc1nccnc1C(NN)c1ccc(C(C)C)cc1. The van der Waals surface area contributed by atoms with Gasteiger partial charge in [0.05, 0.1) is 13.2 Å². The largest absolute Gasteiger partial charge is 0.480 e. The Bertz CT molecular complexity index is 554. The molecule has 1 atom stereocenters. The third-order valence-electron chi connectivity index (χ3n) is 3.26. The number of ether oxygens (including phenoxy) is 1. The van der Waals surface area contributed by atoms with Crippen LogP contribution in [0.4, 0.5) is 0 Å². The molecule has 1 heterocycles. The Kier molecular flexibility index (Phi) is 4.65. The van der Waals surface area contributed by atoms with E-state index in [2.05, 4.69) is 41.4 Å². The molecule has 0 saturated carbocycles. The minimum Gasteiger partial charge on any atom is -0.480 e. The highest BCUT2D eigenvalue weighted by Gasteiger charge is 2.19. The zero-order valence-electron chi connectivity index (χ0n) is 12.0. The lowest BCUT2D eigenvalue weighted by molar-refractivity contribution is 0.383. The van der Waals surface area contributed by atoms with Crippen LogP contribution in [0.1, 0.15) is 42.6 Å². The summed E-state index contributed by atoms with van der Waals surface area (Å²) in [6.07, 6.45) is 3.22. The molecule has 0 aliphatic heterocycles. The third kappa shape index (κ3) is 2.95. The Morgan fingerprint density at radius 1 is 1.05 bits per heavy atom. The maximum atomic E-state index is 5.68. The highest BCUT2D eigenvalue weighted by Crippen LogP contribution is 2.26. The van der Waals surface area contributed by atoms with Crippen LogP contribution in [-0.2, 0) is 0 Å². The van der Waals surface area contributed by atoms with Crippen molar-refractivity contribution in [2.75, 3.05) is 7.11 Å². The van der Waals surface area contributed by atoms with Gasteiger partial charge in [-0.15, -0.1) is 0 Å². The highest BCUT2D eigenvalue weighted by atomic mass is 16.5.